The molecule has 0 unspecified atom stereocenters. The molecule has 0 saturated carbocycles. The number of amides is 1. The zero-order valence-electron chi connectivity index (χ0n) is 6.80. The number of rotatable bonds is 0. The molecule has 1 aliphatic carbocycles. The Hall–Kier alpha value is -1.25. The Labute approximate surface area is 71.1 Å². The van der Waals surface area contributed by atoms with E-state index in [0.717, 1.165) is 18.6 Å². The van der Waals surface area contributed by atoms with Gasteiger partial charge in [-0.1, -0.05) is 6.08 Å². The fraction of sp³-hybridized carbons (Fsp3) is 0.444. The van der Waals surface area contributed by atoms with E-state index in [0.29, 0.717) is 18.7 Å². The van der Waals surface area contributed by atoms with E-state index in [-0.39, 0.29) is 5.91 Å². The second-order valence-electron chi connectivity index (χ2n) is 2.87. The molecule has 1 aliphatic heterocycles. The van der Waals surface area contributed by atoms with Crippen LogP contribution in [0.2, 0.25) is 0 Å². The van der Waals surface area contributed by atoms with Gasteiger partial charge in [0.2, 0.25) is 0 Å². The number of ether oxygens (including phenoxy) is 1. The van der Waals surface area contributed by atoms with Gasteiger partial charge >= 0.3 is 0 Å². The predicted octanol–water partition coefficient (Wildman–Crippen LogP) is 0.737. The Morgan fingerprint density at radius 3 is 3.08 bits per heavy atom. The van der Waals surface area contributed by atoms with Gasteiger partial charge in [-0.05, 0) is 18.9 Å². The second-order valence-corrected chi connectivity index (χ2v) is 2.87. The number of carbonyl (C=O) groups is 1. The first kappa shape index (κ1) is 7.40. The molecule has 0 bridgehead atoms. The van der Waals surface area contributed by atoms with Crippen molar-refractivity contribution in [1.29, 1.82) is 0 Å². The second kappa shape index (κ2) is 3.01. The first-order valence-corrected chi connectivity index (χ1v) is 4.19. The smallest absolute Gasteiger partial charge is 0.254 e. The lowest BCUT2D eigenvalue weighted by Gasteiger charge is -2.10. The van der Waals surface area contributed by atoms with Gasteiger partial charge < -0.3 is 10.1 Å². The van der Waals surface area contributed by atoms with Crippen LogP contribution in [-0.4, -0.2) is 19.1 Å². The van der Waals surface area contributed by atoms with Crippen LogP contribution in [0.25, 0.3) is 0 Å². The molecule has 2 rings (SSSR count). The average molecular weight is 165 g/mol. The quantitative estimate of drug-likeness (QED) is 0.575. The van der Waals surface area contributed by atoms with Gasteiger partial charge in [-0.2, -0.15) is 0 Å². The van der Waals surface area contributed by atoms with E-state index < -0.39 is 0 Å². The van der Waals surface area contributed by atoms with E-state index in [2.05, 4.69) is 5.32 Å². The minimum Gasteiger partial charge on any atom is -0.491 e. The Kier molecular flexibility index (Phi) is 1.86. The molecule has 0 aromatic rings. The van der Waals surface area contributed by atoms with Gasteiger partial charge in [0, 0.05) is 0 Å². The molecule has 3 heteroatoms. The van der Waals surface area contributed by atoms with Gasteiger partial charge in [-0.3, -0.25) is 4.79 Å². The molecule has 1 fully saturated rings. The van der Waals surface area contributed by atoms with Crippen molar-refractivity contribution >= 4 is 5.91 Å². The molecule has 64 valence electrons. The van der Waals surface area contributed by atoms with Gasteiger partial charge in [0.1, 0.15) is 12.4 Å². The number of hydrogen-bond acceptors (Lipinski definition) is 2. The summed E-state index contributed by atoms with van der Waals surface area (Å²) in [4.78, 5) is 11.3. The maximum absolute atomic E-state index is 11.3. The van der Waals surface area contributed by atoms with E-state index in [4.69, 9.17) is 4.74 Å². The summed E-state index contributed by atoms with van der Waals surface area (Å²) in [6.07, 6.45) is 5.85. The van der Waals surface area contributed by atoms with Crippen LogP contribution >= 0.6 is 0 Å². The summed E-state index contributed by atoms with van der Waals surface area (Å²) < 4.78 is 5.39. The molecule has 0 aromatic heterocycles. The van der Waals surface area contributed by atoms with Crippen LogP contribution in [0.15, 0.2) is 23.5 Å². The molecule has 1 saturated heterocycles. The highest BCUT2D eigenvalue weighted by Crippen LogP contribution is 2.20. The monoisotopic (exact) mass is 165 g/mol. The van der Waals surface area contributed by atoms with Crippen molar-refractivity contribution in [2.75, 3.05) is 13.2 Å². The van der Waals surface area contributed by atoms with Crippen LogP contribution in [0.1, 0.15) is 12.8 Å². The average Bonchev–Trinajstić information content (AvgIpc) is 2.29. The fourth-order valence-electron chi connectivity index (χ4n) is 1.41. The lowest BCUT2D eigenvalue weighted by molar-refractivity contribution is -0.117. The van der Waals surface area contributed by atoms with E-state index in [9.17, 15) is 4.79 Å². The highest BCUT2D eigenvalue weighted by Gasteiger charge is 2.20. The Balaban J connectivity index is 2.29. The zero-order valence-corrected chi connectivity index (χ0v) is 6.80. The molecule has 2 aliphatic rings. The van der Waals surface area contributed by atoms with Crippen LogP contribution in [0.5, 0.6) is 0 Å². The van der Waals surface area contributed by atoms with E-state index >= 15 is 0 Å². The van der Waals surface area contributed by atoms with Gasteiger partial charge in [0.05, 0.1) is 12.1 Å². The molecule has 0 aromatic carbocycles. The molecule has 0 spiro atoms. The predicted molar refractivity (Wildman–Crippen MR) is 44.4 cm³/mol. The Morgan fingerprint density at radius 1 is 1.33 bits per heavy atom. The van der Waals surface area contributed by atoms with Gasteiger partial charge in [-0.25, -0.2) is 0 Å². The van der Waals surface area contributed by atoms with E-state index in [1.54, 1.807) is 0 Å². The number of hydrogen-bond donors (Lipinski definition) is 1. The summed E-state index contributed by atoms with van der Waals surface area (Å²) in [5, 5.41) is 2.77. The van der Waals surface area contributed by atoms with Crippen molar-refractivity contribution in [2.45, 2.75) is 12.8 Å². The van der Waals surface area contributed by atoms with Crippen molar-refractivity contribution < 1.29 is 9.53 Å². The topological polar surface area (TPSA) is 38.3 Å². The molecular formula is C9H11NO2. The molecule has 1 amide bonds. The van der Waals surface area contributed by atoms with Crippen LogP contribution in [0, 0.1) is 0 Å². The maximum atomic E-state index is 11.3. The summed E-state index contributed by atoms with van der Waals surface area (Å²) >= 11 is 0. The first-order valence-electron chi connectivity index (χ1n) is 4.19. The third-order valence-corrected chi connectivity index (χ3v) is 2.00. The third-order valence-electron chi connectivity index (χ3n) is 2.00. The van der Waals surface area contributed by atoms with Gasteiger partial charge in [0.25, 0.3) is 5.91 Å². The number of carbonyl (C=O) groups excluding carboxylic acids is 1. The van der Waals surface area contributed by atoms with Crippen molar-refractivity contribution in [3.05, 3.63) is 23.5 Å². The van der Waals surface area contributed by atoms with Crippen molar-refractivity contribution in [3.8, 4) is 0 Å². The molecule has 1 heterocycles. The zero-order chi connectivity index (χ0) is 8.39. The number of allylic oxidation sites excluding steroid dienone is 2. The SMILES string of the molecule is O=C1NCCOC2=CCCC=C12. The molecule has 1 N–H and O–H groups in total. The first-order chi connectivity index (χ1) is 5.88. The van der Waals surface area contributed by atoms with Gasteiger partial charge in [0.15, 0.2) is 0 Å². The lowest BCUT2D eigenvalue weighted by atomic mass is 10.0. The Morgan fingerprint density at radius 2 is 2.17 bits per heavy atom. The van der Waals surface area contributed by atoms with Crippen LogP contribution in [0.4, 0.5) is 0 Å². The van der Waals surface area contributed by atoms with Gasteiger partial charge in [-0.15, -0.1) is 0 Å². The standard InChI is InChI=1S/C9H11NO2/c11-9-7-3-1-2-4-8(7)12-6-5-10-9/h3-4H,1-2,5-6H2,(H,10,11). The summed E-state index contributed by atoms with van der Waals surface area (Å²) in [5.74, 6) is 0.759. The minimum atomic E-state index is -0.00144. The summed E-state index contributed by atoms with van der Waals surface area (Å²) in [5.41, 5.74) is 0.707. The molecule has 0 atom stereocenters. The summed E-state index contributed by atoms with van der Waals surface area (Å²) in [6.45, 7) is 1.18. The highest BCUT2D eigenvalue weighted by molar-refractivity contribution is 5.97. The maximum Gasteiger partial charge on any atom is 0.254 e. The Bertz CT molecular complexity index is 266. The molecule has 0 radical (unpaired) electrons. The van der Waals surface area contributed by atoms with Crippen molar-refractivity contribution in [3.63, 3.8) is 0 Å². The number of nitrogens with one attached hydrogen (secondary N) is 1. The van der Waals surface area contributed by atoms with E-state index in [1.165, 1.54) is 0 Å². The van der Waals surface area contributed by atoms with Crippen molar-refractivity contribution in [2.24, 2.45) is 0 Å². The fourth-order valence-corrected chi connectivity index (χ4v) is 1.41. The molecule has 12 heavy (non-hydrogen) atoms. The van der Waals surface area contributed by atoms with Crippen LogP contribution in [0.3, 0.4) is 0 Å². The van der Waals surface area contributed by atoms with E-state index in [1.807, 2.05) is 12.2 Å². The molecule has 3 nitrogen and oxygen atoms in total. The number of fused-ring (bicyclic) bond motifs is 1. The summed E-state index contributed by atoms with van der Waals surface area (Å²) in [6, 6.07) is 0. The highest BCUT2D eigenvalue weighted by atomic mass is 16.5. The lowest BCUT2D eigenvalue weighted by Crippen LogP contribution is -2.25. The van der Waals surface area contributed by atoms with Crippen LogP contribution in [-0.2, 0) is 9.53 Å². The van der Waals surface area contributed by atoms with Crippen molar-refractivity contribution in [1.82, 2.24) is 5.32 Å². The molecular weight excluding hydrogens is 154 g/mol. The largest absolute Gasteiger partial charge is 0.491 e. The van der Waals surface area contributed by atoms with Crippen LogP contribution < -0.4 is 5.32 Å². The minimum absolute atomic E-state index is 0.00144. The third kappa shape index (κ3) is 1.22. The normalized spacial score (nSPS) is 22.5. The summed E-state index contributed by atoms with van der Waals surface area (Å²) in [7, 11) is 0.